The van der Waals surface area contributed by atoms with Crippen molar-refractivity contribution in [1.82, 2.24) is 4.98 Å². The molecular formula is C34H66BNO7Si2. The van der Waals surface area contributed by atoms with Gasteiger partial charge in [-0.25, -0.2) is 4.98 Å². The standard InChI is InChI=1S/C34H66BNO7Si2/c1-16-45(17-2,18-3)41-29(32(7,8)28(37)21-23-40-44(14,15)31(4,5)6)24-30-36-26(25-39-30)27(38-13)20-19-22-35-42-33(9,10)34(11,12)43-35/h19,22,25,27-29,37H,16-18,20-21,23-24H2,1-15H3/b22-19+/t27-,28-,29-/m0/s1. The summed E-state index contributed by atoms with van der Waals surface area (Å²) in [7, 11) is -2.64. The normalized spacial score (nSPS) is 19.8. The number of hydrogen-bond donors (Lipinski definition) is 1. The minimum absolute atomic E-state index is 0.123. The number of aliphatic hydroxyl groups is 1. The molecule has 0 aromatic carbocycles. The highest BCUT2D eigenvalue weighted by Gasteiger charge is 2.50. The zero-order chi connectivity index (χ0) is 34.5. The molecule has 1 aliphatic heterocycles. The summed E-state index contributed by atoms with van der Waals surface area (Å²) in [5, 5.41) is 11.7. The van der Waals surface area contributed by atoms with Gasteiger partial charge in [0.2, 0.25) is 0 Å². The van der Waals surface area contributed by atoms with E-state index in [1.54, 1.807) is 13.4 Å². The monoisotopic (exact) mass is 667 g/mol. The van der Waals surface area contributed by atoms with E-state index >= 15 is 0 Å². The number of rotatable bonds is 18. The fourth-order valence-corrected chi connectivity index (χ4v) is 9.38. The minimum Gasteiger partial charge on any atom is -0.449 e. The molecule has 260 valence electrons. The molecule has 3 atom stereocenters. The van der Waals surface area contributed by atoms with Crippen molar-refractivity contribution in [1.29, 1.82) is 0 Å². The largest absolute Gasteiger partial charge is 0.486 e. The summed E-state index contributed by atoms with van der Waals surface area (Å²) in [5.41, 5.74) is -0.573. The van der Waals surface area contributed by atoms with Crippen LogP contribution in [0.2, 0.25) is 36.3 Å². The van der Waals surface area contributed by atoms with Gasteiger partial charge < -0.3 is 32.4 Å². The van der Waals surface area contributed by atoms with Crippen LogP contribution in [0.3, 0.4) is 0 Å². The van der Waals surface area contributed by atoms with Crippen LogP contribution in [0.4, 0.5) is 0 Å². The SMILES string of the molecule is CC[Si](CC)(CC)O[C@@H](Cc1nc([C@H](C/C=C/B2OC(C)(C)C(C)(C)O2)OC)co1)C(C)(C)[C@@H](O)CCO[Si](C)(C)C(C)(C)C. The molecule has 1 saturated heterocycles. The van der Waals surface area contributed by atoms with E-state index in [1.165, 1.54) is 0 Å². The first kappa shape index (κ1) is 40.4. The number of ether oxygens (including phenoxy) is 1. The van der Waals surface area contributed by atoms with E-state index in [0.717, 1.165) is 23.8 Å². The molecule has 0 saturated carbocycles. The molecular weight excluding hydrogens is 601 g/mol. The lowest BCUT2D eigenvalue weighted by Gasteiger charge is -2.43. The summed E-state index contributed by atoms with van der Waals surface area (Å²) in [6.45, 7) is 30.8. The Bertz CT molecular complexity index is 1050. The zero-order valence-corrected chi connectivity index (χ0v) is 33.3. The molecule has 0 spiro atoms. The van der Waals surface area contributed by atoms with Gasteiger partial charge in [0.15, 0.2) is 22.5 Å². The third-order valence-corrected chi connectivity index (χ3v) is 20.3. The van der Waals surface area contributed by atoms with Gasteiger partial charge in [0.05, 0.1) is 23.4 Å². The van der Waals surface area contributed by atoms with E-state index in [2.05, 4.69) is 68.5 Å². The van der Waals surface area contributed by atoms with Gasteiger partial charge in [0, 0.05) is 25.6 Å². The maximum atomic E-state index is 11.6. The van der Waals surface area contributed by atoms with E-state index < -0.39 is 35.3 Å². The van der Waals surface area contributed by atoms with Gasteiger partial charge in [0.25, 0.3) is 0 Å². The lowest BCUT2D eigenvalue weighted by molar-refractivity contribution is -0.0498. The topological polar surface area (TPSA) is 92.4 Å². The molecule has 11 heteroatoms. The molecule has 1 fully saturated rings. The predicted octanol–water partition coefficient (Wildman–Crippen LogP) is 8.67. The molecule has 1 aromatic heterocycles. The summed E-state index contributed by atoms with van der Waals surface area (Å²) in [5.74, 6) is 2.53. The fraction of sp³-hybridized carbons (Fsp3) is 0.853. The van der Waals surface area contributed by atoms with Crippen molar-refractivity contribution in [2.75, 3.05) is 13.7 Å². The van der Waals surface area contributed by atoms with Crippen molar-refractivity contribution < 1.29 is 32.4 Å². The first-order valence-corrected chi connectivity index (χ1v) is 22.5. The van der Waals surface area contributed by atoms with Gasteiger partial charge in [-0.1, -0.05) is 67.4 Å². The Hall–Kier alpha value is -0.791. The number of nitrogens with zero attached hydrogens (tertiary/aromatic N) is 1. The molecule has 0 unspecified atom stereocenters. The molecule has 0 radical (unpaired) electrons. The third-order valence-electron chi connectivity index (χ3n) is 11.1. The van der Waals surface area contributed by atoms with E-state index in [4.69, 9.17) is 32.3 Å². The van der Waals surface area contributed by atoms with Crippen molar-refractivity contribution in [2.24, 2.45) is 5.41 Å². The highest BCUT2D eigenvalue weighted by Crippen LogP contribution is 2.40. The van der Waals surface area contributed by atoms with E-state index in [1.807, 2.05) is 39.7 Å². The summed E-state index contributed by atoms with van der Waals surface area (Å²) < 4.78 is 37.5. The Morgan fingerprint density at radius 1 is 1.00 bits per heavy atom. The van der Waals surface area contributed by atoms with Gasteiger partial charge in [0.1, 0.15) is 18.1 Å². The summed E-state index contributed by atoms with van der Waals surface area (Å²) in [6.07, 6.45) is 4.19. The van der Waals surface area contributed by atoms with Crippen LogP contribution in [-0.2, 0) is 29.3 Å². The van der Waals surface area contributed by atoms with Crippen molar-refractivity contribution >= 4 is 23.8 Å². The fourth-order valence-electron chi connectivity index (χ4n) is 5.33. The molecule has 0 bridgehead atoms. The lowest BCUT2D eigenvalue weighted by Crippen LogP contribution is -2.51. The van der Waals surface area contributed by atoms with Gasteiger partial charge in [-0.05, 0) is 76.8 Å². The van der Waals surface area contributed by atoms with Crippen LogP contribution < -0.4 is 0 Å². The average molecular weight is 668 g/mol. The highest BCUT2D eigenvalue weighted by molar-refractivity contribution is 6.74. The Labute approximate surface area is 277 Å². The predicted molar refractivity (Wildman–Crippen MR) is 189 cm³/mol. The lowest BCUT2D eigenvalue weighted by atomic mass is 9.78. The smallest absolute Gasteiger partial charge is 0.449 e. The van der Waals surface area contributed by atoms with Crippen molar-refractivity contribution in [3.63, 3.8) is 0 Å². The molecule has 45 heavy (non-hydrogen) atoms. The van der Waals surface area contributed by atoms with E-state index in [9.17, 15) is 5.11 Å². The minimum atomic E-state index is -2.01. The molecule has 1 N–H and O–H groups in total. The number of methoxy groups -OCH3 is 1. The van der Waals surface area contributed by atoms with E-state index in [-0.39, 0.29) is 28.4 Å². The van der Waals surface area contributed by atoms with Crippen LogP contribution in [0.1, 0.15) is 114 Å². The number of aliphatic hydroxyl groups excluding tert-OH is 1. The molecule has 0 amide bonds. The van der Waals surface area contributed by atoms with Crippen LogP contribution in [0.5, 0.6) is 0 Å². The van der Waals surface area contributed by atoms with Crippen LogP contribution >= 0.6 is 0 Å². The van der Waals surface area contributed by atoms with Crippen molar-refractivity contribution in [3.05, 3.63) is 29.9 Å². The van der Waals surface area contributed by atoms with Gasteiger partial charge >= 0.3 is 7.12 Å². The second kappa shape index (κ2) is 15.6. The molecule has 2 rings (SSSR count). The van der Waals surface area contributed by atoms with E-state index in [0.29, 0.717) is 31.8 Å². The summed E-state index contributed by atoms with van der Waals surface area (Å²) in [6, 6.07) is 3.07. The zero-order valence-electron chi connectivity index (χ0n) is 31.3. The average Bonchev–Trinajstić information content (AvgIpc) is 3.48. The Morgan fingerprint density at radius 2 is 1.56 bits per heavy atom. The van der Waals surface area contributed by atoms with Crippen LogP contribution in [0, 0.1) is 5.41 Å². The quantitative estimate of drug-likeness (QED) is 0.156. The van der Waals surface area contributed by atoms with Gasteiger partial charge in [-0.2, -0.15) is 0 Å². The number of oxazole rings is 1. The molecule has 8 nitrogen and oxygen atoms in total. The Morgan fingerprint density at radius 3 is 2.04 bits per heavy atom. The molecule has 2 heterocycles. The summed E-state index contributed by atoms with van der Waals surface area (Å²) in [4.78, 5) is 4.87. The molecule has 1 aliphatic rings. The number of hydrogen-bond acceptors (Lipinski definition) is 8. The van der Waals surface area contributed by atoms with Crippen molar-refractivity contribution in [2.45, 2.75) is 168 Å². The Balaban J connectivity index is 2.21. The summed E-state index contributed by atoms with van der Waals surface area (Å²) >= 11 is 0. The molecule has 0 aliphatic carbocycles. The third kappa shape index (κ3) is 10.1. The maximum Gasteiger partial charge on any atom is 0.486 e. The first-order chi connectivity index (χ1) is 20.6. The van der Waals surface area contributed by atoms with Crippen LogP contribution in [0.15, 0.2) is 22.7 Å². The van der Waals surface area contributed by atoms with Crippen LogP contribution in [0.25, 0.3) is 0 Å². The van der Waals surface area contributed by atoms with Gasteiger partial charge in [-0.15, -0.1) is 0 Å². The van der Waals surface area contributed by atoms with Crippen molar-refractivity contribution in [3.8, 4) is 0 Å². The second-order valence-corrected chi connectivity index (χ2v) is 25.5. The van der Waals surface area contributed by atoms with Gasteiger partial charge in [-0.3, -0.25) is 0 Å². The maximum absolute atomic E-state index is 11.6. The first-order valence-electron chi connectivity index (χ1n) is 17.1. The Kier molecular flexibility index (Phi) is 14.0. The highest BCUT2D eigenvalue weighted by atomic mass is 28.4. The number of aromatic nitrogens is 1. The van der Waals surface area contributed by atoms with Crippen LogP contribution in [-0.4, -0.2) is 71.0 Å². The second-order valence-electron chi connectivity index (χ2n) is 16.0. The molecule has 1 aromatic rings.